The summed E-state index contributed by atoms with van der Waals surface area (Å²) in [6.45, 7) is 0. The summed E-state index contributed by atoms with van der Waals surface area (Å²) in [5.74, 6) is -0.312. The molecule has 0 fully saturated rings. The van der Waals surface area contributed by atoms with Crippen LogP contribution in [-0.4, -0.2) is 21.6 Å². The van der Waals surface area contributed by atoms with Crippen LogP contribution in [0.3, 0.4) is 0 Å². The highest BCUT2D eigenvalue weighted by molar-refractivity contribution is 5.96. The third-order valence-electron chi connectivity index (χ3n) is 4.11. The lowest BCUT2D eigenvalue weighted by Gasteiger charge is -2.05. The van der Waals surface area contributed by atoms with Gasteiger partial charge in [0, 0.05) is 23.7 Å². The Labute approximate surface area is 158 Å². The van der Waals surface area contributed by atoms with Crippen LogP contribution in [-0.2, 0) is 0 Å². The Hall–Kier alpha value is -4.20. The van der Waals surface area contributed by atoms with Crippen LogP contribution in [0.1, 0.15) is 16.2 Å². The number of fused-ring (bicyclic) bond motifs is 1. The minimum absolute atomic E-state index is 0.00715. The molecule has 2 heterocycles. The molecule has 0 aliphatic carbocycles. The molecule has 2 aromatic carbocycles. The van der Waals surface area contributed by atoms with E-state index < -0.39 is 10.8 Å². The van der Waals surface area contributed by atoms with E-state index in [-0.39, 0.29) is 11.4 Å². The van der Waals surface area contributed by atoms with Crippen LogP contribution < -0.4 is 5.43 Å². The molecule has 4 rings (SSSR count). The third kappa shape index (κ3) is 3.38. The molecule has 2 aromatic heterocycles. The van der Waals surface area contributed by atoms with Crippen LogP contribution in [0.5, 0.6) is 0 Å². The SMILES string of the molecule is O=C(N/N=C/c1cccn1-c1cccc([N+](=O)[O-])c1)c1cc2ccccc2o1. The maximum atomic E-state index is 12.2. The molecule has 0 aliphatic rings. The van der Waals surface area contributed by atoms with Gasteiger partial charge in [-0.2, -0.15) is 5.10 Å². The van der Waals surface area contributed by atoms with Crippen molar-refractivity contribution in [2.24, 2.45) is 5.10 Å². The number of rotatable bonds is 5. The monoisotopic (exact) mass is 374 g/mol. The lowest BCUT2D eigenvalue weighted by atomic mass is 10.2. The van der Waals surface area contributed by atoms with Gasteiger partial charge in [-0.3, -0.25) is 14.9 Å². The highest BCUT2D eigenvalue weighted by atomic mass is 16.6. The molecule has 1 N–H and O–H groups in total. The molecule has 0 aliphatic heterocycles. The highest BCUT2D eigenvalue weighted by Crippen LogP contribution is 2.19. The van der Waals surface area contributed by atoms with E-state index in [2.05, 4.69) is 10.5 Å². The number of aromatic nitrogens is 1. The van der Waals surface area contributed by atoms with Crippen molar-refractivity contribution in [3.05, 3.63) is 94.5 Å². The van der Waals surface area contributed by atoms with Crippen molar-refractivity contribution in [3.63, 3.8) is 0 Å². The van der Waals surface area contributed by atoms with Crippen molar-refractivity contribution in [1.29, 1.82) is 0 Å². The molecule has 0 saturated heterocycles. The summed E-state index contributed by atoms with van der Waals surface area (Å²) in [6.07, 6.45) is 3.21. The van der Waals surface area contributed by atoms with E-state index in [9.17, 15) is 14.9 Å². The second-order valence-corrected chi connectivity index (χ2v) is 5.93. The first-order valence-electron chi connectivity index (χ1n) is 8.36. The van der Waals surface area contributed by atoms with Crippen molar-refractivity contribution in [2.45, 2.75) is 0 Å². The van der Waals surface area contributed by atoms with E-state index in [1.54, 1.807) is 47.2 Å². The van der Waals surface area contributed by atoms with E-state index in [4.69, 9.17) is 4.42 Å². The Balaban J connectivity index is 1.51. The molecule has 28 heavy (non-hydrogen) atoms. The topological polar surface area (TPSA) is 103 Å². The number of furan rings is 1. The molecule has 0 bridgehead atoms. The van der Waals surface area contributed by atoms with E-state index >= 15 is 0 Å². The van der Waals surface area contributed by atoms with Gasteiger partial charge in [-0.05, 0) is 30.3 Å². The van der Waals surface area contributed by atoms with Gasteiger partial charge in [0.2, 0.25) is 0 Å². The Morgan fingerprint density at radius 1 is 1.11 bits per heavy atom. The summed E-state index contributed by atoms with van der Waals surface area (Å²) >= 11 is 0. The van der Waals surface area contributed by atoms with Gasteiger partial charge in [0.25, 0.3) is 5.69 Å². The highest BCUT2D eigenvalue weighted by Gasteiger charge is 2.11. The Morgan fingerprint density at radius 2 is 1.96 bits per heavy atom. The summed E-state index contributed by atoms with van der Waals surface area (Å²) < 4.78 is 7.22. The number of hydrogen-bond donors (Lipinski definition) is 1. The average molecular weight is 374 g/mol. The van der Waals surface area contributed by atoms with E-state index in [0.29, 0.717) is 17.0 Å². The molecule has 138 valence electrons. The number of hydrazone groups is 1. The number of nitrogens with zero attached hydrogens (tertiary/aromatic N) is 3. The number of hydrogen-bond acceptors (Lipinski definition) is 5. The zero-order chi connectivity index (χ0) is 19.5. The van der Waals surface area contributed by atoms with Gasteiger partial charge >= 0.3 is 5.91 Å². The molecule has 0 atom stereocenters. The van der Waals surface area contributed by atoms with Crippen LogP contribution in [0.4, 0.5) is 5.69 Å². The number of carbonyl (C=O) groups excluding carboxylic acids is 1. The lowest BCUT2D eigenvalue weighted by molar-refractivity contribution is -0.384. The fourth-order valence-corrected chi connectivity index (χ4v) is 2.80. The van der Waals surface area contributed by atoms with E-state index in [1.807, 2.05) is 18.2 Å². The Bertz CT molecular complexity index is 1170. The van der Waals surface area contributed by atoms with E-state index in [1.165, 1.54) is 18.3 Å². The lowest BCUT2D eigenvalue weighted by Crippen LogP contribution is -2.17. The average Bonchev–Trinajstić information content (AvgIpc) is 3.35. The van der Waals surface area contributed by atoms with E-state index in [0.717, 1.165) is 5.39 Å². The predicted octanol–water partition coefficient (Wildman–Crippen LogP) is 3.90. The van der Waals surface area contributed by atoms with Gasteiger partial charge < -0.3 is 8.98 Å². The van der Waals surface area contributed by atoms with Crippen LogP contribution >= 0.6 is 0 Å². The maximum Gasteiger partial charge on any atom is 0.307 e. The zero-order valence-electron chi connectivity index (χ0n) is 14.5. The van der Waals surface area contributed by atoms with Gasteiger partial charge in [-0.25, -0.2) is 5.43 Å². The van der Waals surface area contributed by atoms with Crippen molar-refractivity contribution in [3.8, 4) is 5.69 Å². The molecule has 0 spiro atoms. The molecule has 4 aromatic rings. The summed E-state index contributed by atoms with van der Waals surface area (Å²) in [7, 11) is 0. The Morgan fingerprint density at radius 3 is 2.79 bits per heavy atom. The van der Waals surface area contributed by atoms with Gasteiger partial charge in [-0.1, -0.05) is 24.3 Å². The summed E-state index contributed by atoms with van der Waals surface area (Å²) in [5.41, 5.74) is 4.29. The van der Waals surface area contributed by atoms with Gasteiger partial charge in [0.1, 0.15) is 5.58 Å². The molecule has 1 amide bonds. The second-order valence-electron chi connectivity index (χ2n) is 5.93. The number of para-hydroxylation sites is 1. The number of nitro groups is 1. The quantitative estimate of drug-likeness (QED) is 0.325. The number of nitro benzene ring substituents is 1. The number of amides is 1. The molecular weight excluding hydrogens is 360 g/mol. The minimum atomic E-state index is -0.471. The molecule has 0 saturated carbocycles. The smallest absolute Gasteiger partial charge is 0.307 e. The van der Waals surface area contributed by atoms with Crippen molar-refractivity contribution in [2.75, 3.05) is 0 Å². The summed E-state index contributed by atoms with van der Waals surface area (Å²) in [6, 6.07) is 18.8. The third-order valence-corrected chi connectivity index (χ3v) is 4.11. The predicted molar refractivity (Wildman–Crippen MR) is 104 cm³/mol. The standard InChI is InChI=1S/C20H14N4O4/c25-20(19-11-14-5-1-2-9-18(14)28-19)22-21-13-17-8-4-10-23(17)15-6-3-7-16(12-15)24(26)27/h1-13H,(H,22,25)/b21-13+. The van der Waals surface area contributed by atoms with Crippen LogP contribution in [0.25, 0.3) is 16.7 Å². The van der Waals surface area contributed by atoms with Gasteiger partial charge in [0.15, 0.2) is 5.76 Å². The number of nitrogens with one attached hydrogen (secondary N) is 1. The van der Waals surface area contributed by atoms with Crippen LogP contribution in [0.15, 0.2) is 82.4 Å². The van der Waals surface area contributed by atoms with Crippen molar-refractivity contribution >= 4 is 28.8 Å². The van der Waals surface area contributed by atoms with Crippen molar-refractivity contribution < 1.29 is 14.1 Å². The molecule has 8 heteroatoms. The zero-order valence-corrected chi connectivity index (χ0v) is 14.5. The van der Waals surface area contributed by atoms with Gasteiger partial charge in [0.05, 0.1) is 22.5 Å². The summed E-state index contributed by atoms with van der Waals surface area (Å²) in [5, 5.41) is 15.8. The largest absolute Gasteiger partial charge is 0.451 e. The van der Waals surface area contributed by atoms with Crippen LogP contribution in [0.2, 0.25) is 0 Å². The molecule has 0 unspecified atom stereocenters. The number of benzene rings is 2. The normalized spacial score (nSPS) is 11.1. The van der Waals surface area contributed by atoms with Crippen LogP contribution in [0, 0.1) is 10.1 Å². The summed E-state index contributed by atoms with van der Waals surface area (Å²) in [4.78, 5) is 22.7. The minimum Gasteiger partial charge on any atom is -0.451 e. The maximum absolute atomic E-state index is 12.2. The Kier molecular flexibility index (Phi) is 4.43. The first-order valence-corrected chi connectivity index (χ1v) is 8.36. The molecular formula is C20H14N4O4. The fraction of sp³-hybridized carbons (Fsp3) is 0. The second kappa shape index (κ2) is 7.20. The molecule has 8 nitrogen and oxygen atoms in total. The van der Waals surface area contributed by atoms with Crippen molar-refractivity contribution in [1.82, 2.24) is 9.99 Å². The first-order chi connectivity index (χ1) is 13.6. The van der Waals surface area contributed by atoms with Gasteiger partial charge in [-0.15, -0.1) is 0 Å². The number of carbonyl (C=O) groups is 1. The molecule has 0 radical (unpaired) electrons. The fourth-order valence-electron chi connectivity index (χ4n) is 2.80. The first kappa shape index (κ1) is 17.2. The number of non-ortho nitro benzene ring substituents is 1.